The smallest absolute Gasteiger partial charge is 0.306 e. The molecule has 0 N–H and O–H groups in total. The molecule has 36 heavy (non-hydrogen) atoms. The molecule has 0 aliphatic rings. The zero-order valence-electron chi connectivity index (χ0n) is 22.1. The Balaban J connectivity index is 1.90. The van der Waals surface area contributed by atoms with Crippen LogP contribution < -0.4 is 0 Å². The summed E-state index contributed by atoms with van der Waals surface area (Å²) in [5.41, 5.74) is -0.658. The number of benzene rings is 1. The van der Waals surface area contributed by atoms with E-state index in [1.165, 1.54) is 83.5 Å². The number of hydrogen-bond donors (Lipinski definition) is 0. The van der Waals surface area contributed by atoms with Crippen molar-refractivity contribution in [3.63, 3.8) is 0 Å². The van der Waals surface area contributed by atoms with Gasteiger partial charge in [-0.05, 0) is 18.6 Å². The Kier molecular flexibility index (Phi) is 18.7. The maximum Gasteiger partial charge on any atom is 0.306 e. The minimum absolute atomic E-state index is 0.175. The van der Waals surface area contributed by atoms with Crippen molar-refractivity contribution in [3.8, 4) is 0 Å². The molecule has 0 atom stereocenters. The SMILES string of the molecule is CCCCCCCCCCCCCCCCCCOC(=O)CCC(=O)OCc1c(F)ccc(F)c1F. The second kappa shape index (κ2) is 21.1. The maximum atomic E-state index is 13.5. The first kappa shape index (κ1) is 32.0. The van der Waals surface area contributed by atoms with E-state index in [1.807, 2.05) is 0 Å². The van der Waals surface area contributed by atoms with Crippen molar-refractivity contribution in [1.82, 2.24) is 0 Å². The van der Waals surface area contributed by atoms with Gasteiger partial charge in [0.15, 0.2) is 11.6 Å². The van der Waals surface area contributed by atoms with E-state index in [9.17, 15) is 22.8 Å². The van der Waals surface area contributed by atoms with Crippen LogP contribution in [0.1, 0.15) is 128 Å². The molecule has 0 aromatic heterocycles. The van der Waals surface area contributed by atoms with Crippen molar-refractivity contribution in [2.45, 2.75) is 129 Å². The fourth-order valence-corrected chi connectivity index (χ4v) is 4.04. The number of esters is 2. The molecule has 1 rings (SSSR count). The molecule has 1 aromatic rings. The Morgan fingerprint density at radius 3 is 1.53 bits per heavy atom. The third-order valence-corrected chi connectivity index (χ3v) is 6.31. The lowest BCUT2D eigenvalue weighted by Crippen LogP contribution is -2.12. The second-order valence-corrected chi connectivity index (χ2v) is 9.51. The molecule has 0 aliphatic carbocycles. The van der Waals surface area contributed by atoms with E-state index in [0.717, 1.165) is 25.3 Å². The summed E-state index contributed by atoms with van der Waals surface area (Å²) in [6.07, 6.45) is 19.9. The number of ether oxygens (including phenoxy) is 2. The van der Waals surface area contributed by atoms with E-state index in [4.69, 9.17) is 9.47 Å². The van der Waals surface area contributed by atoms with Gasteiger partial charge in [0.2, 0.25) is 0 Å². The van der Waals surface area contributed by atoms with E-state index < -0.39 is 41.6 Å². The third kappa shape index (κ3) is 15.8. The molecule has 0 radical (unpaired) electrons. The Hall–Kier alpha value is -2.05. The van der Waals surface area contributed by atoms with Crippen LogP contribution in [0.15, 0.2) is 12.1 Å². The standard InChI is InChI=1S/C29H45F3O4/c1-2-3-4-5-6-7-8-9-10-11-12-13-14-15-16-17-22-35-27(33)20-21-28(34)36-23-24-25(30)18-19-26(31)29(24)32/h18-19H,2-17,20-23H2,1H3. The molecule has 7 heteroatoms. The number of rotatable bonds is 22. The molecule has 206 valence electrons. The first-order valence-electron chi connectivity index (χ1n) is 13.9. The van der Waals surface area contributed by atoms with E-state index >= 15 is 0 Å². The van der Waals surface area contributed by atoms with Crippen LogP contribution in [0.2, 0.25) is 0 Å². The van der Waals surface area contributed by atoms with Crippen LogP contribution in [-0.2, 0) is 25.7 Å². The summed E-state index contributed by atoms with van der Waals surface area (Å²) < 4.78 is 50.1. The lowest BCUT2D eigenvalue weighted by molar-refractivity contribution is -0.151. The number of carbonyl (C=O) groups is 2. The van der Waals surface area contributed by atoms with Gasteiger partial charge in [0.05, 0.1) is 25.0 Å². The molecule has 0 aliphatic heterocycles. The van der Waals surface area contributed by atoms with Gasteiger partial charge in [0, 0.05) is 0 Å². The summed E-state index contributed by atoms with van der Waals surface area (Å²) >= 11 is 0. The highest BCUT2D eigenvalue weighted by Crippen LogP contribution is 2.17. The minimum atomic E-state index is -1.39. The summed E-state index contributed by atoms with van der Waals surface area (Å²) in [7, 11) is 0. The van der Waals surface area contributed by atoms with Crippen LogP contribution in [0.3, 0.4) is 0 Å². The average molecular weight is 515 g/mol. The molecule has 0 bridgehead atoms. The molecule has 0 amide bonds. The molecular formula is C29H45F3O4. The summed E-state index contributed by atoms with van der Waals surface area (Å²) in [6.45, 7) is 1.83. The molecule has 0 heterocycles. The summed E-state index contributed by atoms with van der Waals surface area (Å²) in [5, 5.41) is 0. The molecule has 0 saturated carbocycles. The van der Waals surface area contributed by atoms with Crippen LogP contribution in [0.5, 0.6) is 0 Å². The van der Waals surface area contributed by atoms with Gasteiger partial charge in [-0.2, -0.15) is 0 Å². The highest BCUT2D eigenvalue weighted by atomic mass is 19.2. The van der Waals surface area contributed by atoms with Crippen LogP contribution in [0, 0.1) is 17.5 Å². The molecule has 0 spiro atoms. The first-order chi connectivity index (χ1) is 17.5. The van der Waals surface area contributed by atoms with Crippen molar-refractivity contribution in [2.24, 2.45) is 0 Å². The van der Waals surface area contributed by atoms with Gasteiger partial charge < -0.3 is 9.47 Å². The zero-order valence-corrected chi connectivity index (χ0v) is 22.1. The zero-order chi connectivity index (χ0) is 26.4. The Morgan fingerprint density at radius 1 is 0.611 bits per heavy atom. The quantitative estimate of drug-likeness (QED) is 0.0882. The van der Waals surface area contributed by atoms with Crippen LogP contribution in [-0.4, -0.2) is 18.5 Å². The van der Waals surface area contributed by atoms with E-state index in [0.29, 0.717) is 12.7 Å². The number of carbonyl (C=O) groups excluding carboxylic acids is 2. The number of halogens is 3. The molecular weight excluding hydrogens is 469 g/mol. The van der Waals surface area contributed by atoms with Gasteiger partial charge in [-0.1, -0.05) is 103 Å². The number of unbranched alkanes of at least 4 members (excludes halogenated alkanes) is 15. The fraction of sp³-hybridized carbons (Fsp3) is 0.724. The van der Waals surface area contributed by atoms with Crippen LogP contribution in [0.25, 0.3) is 0 Å². The highest BCUT2D eigenvalue weighted by molar-refractivity contribution is 5.77. The lowest BCUT2D eigenvalue weighted by atomic mass is 10.0. The summed E-state index contributed by atoms with van der Waals surface area (Å²) in [6, 6.07) is 1.42. The lowest BCUT2D eigenvalue weighted by Gasteiger charge is -2.08. The summed E-state index contributed by atoms with van der Waals surface area (Å²) in [5.74, 6) is -4.94. The summed E-state index contributed by atoms with van der Waals surface area (Å²) in [4.78, 5) is 23.4. The molecule has 1 aromatic carbocycles. The third-order valence-electron chi connectivity index (χ3n) is 6.31. The van der Waals surface area contributed by atoms with Gasteiger partial charge >= 0.3 is 11.9 Å². The predicted octanol–water partition coefficient (Wildman–Crippen LogP) is 8.73. The average Bonchev–Trinajstić information content (AvgIpc) is 2.87. The normalized spacial score (nSPS) is 11.0. The minimum Gasteiger partial charge on any atom is -0.466 e. The van der Waals surface area contributed by atoms with Crippen molar-refractivity contribution < 1.29 is 32.2 Å². The fourth-order valence-electron chi connectivity index (χ4n) is 4.04. The molecule has 0 unspecified atom stereocenters. The van der Waals surface area contributed by atoms with Crippen LogP contribution >= 0.6 is 0 Å². The predicted molar refractivity (Wildman–Crippen MR) is 136 cm³/mol. The van der Waals surface area contributed by atoms with Gasteiger partial charge in [-0.15, -0.1) is 0 Å². The van der Waals surface area contributed by atoms with Gasteiger partial charge in [0.1, 0.15) is 12.4 Å². The van der Waals surface area contributed by atoms with Crippen molar-refractivity contribution >= 4 is 11.9 Å². The van der Waals surface area contributed by atoms with Crippen molar-refractivity contribution in [1.29, 1.82) is 0 Å². The monoisotopic (exact) mass is 514 g/mol. The Morgan fingerprint density at radius 2 is 1.03 bits per heavy atom. The van der Waals surface area contributed by atoms with E-state index in [-0.39, 0.29) is 12.8 Å². The van der Waals surface area contributed by atoms with Gasteiger partial charge in [0.25, 0.3) is 0 Å². The van der Waals surface area contributed by atoms with Gasteiger partial charge in [-0.3, -0.25) is 9.59 Å². The molecule has 0 saturated heterocycles. The second-order valence-electron chi connectivity index (χ2n) is 9.51. The van der Waals surface area contributed by atoms with Gasteiger partial charge in [-0.25, -0.2) is 13.2 Å². The highest BCUT2D eigenvalue weighted by Gasteiger charge is 2.16. The topological polar surface area (TPSA) is 52.6 Å². The number of hydrogen-bond acceptors (Lipinski definition) is 4. The Labute approximate surface area is 215 Å². The first-order valence-corrected chi connectivity index (χ1v) is 13.9. The van der Waals surface area contributed by atoms with Crippen LogP contribution in [0.4, 0.5) is 13.2 Å². The Bertz CT molecular complexity index is 739. The van der Waals surface area contributed by atoms with Crippen molar-refractivity contribution in [2.75, 3.05) is 6.61 Å². The van der Waals surface area contributed by atoms with E-state index in [1.54, 1.807) is 0 Å². The van der Waals surface area contributed by atoms with Crippen molar-refractivity contribution in [3.05, 3.63) is 35.1 Å². The largest absolute Gasteiger partial charge is 0.466 e. The molecule has 0 fully saturated rings. The van der Waals surface area contributed by atoms with E-state index in [2.05, 4.69) is 6.92 Å². The maximum absolute atomic E-state index is 13.5. The molecule has 4 nitrogen and oxygen atoms in total.